The molecule has 0 fully saturated rings. The minimum atomic E-state index is -0.539. The molecule has 5 nitrogen and oxygen atoms in total. The highest BCUT2D eigenvalue weighted by Crippen LogP contribution is 2.16. The van der Waals surface area contributed by atoms with Crippen molar-refractivity contribution in [2.75, 3.05) is 13.2 Å². The molecule has 1 atom stereocenters. The quantitative estimate of drug-likeness (QED) is 0.523. The fraction of sp³-hybridized carbons (Fsp3) is 0.417. The maximum atomic E-state index is 13.0. The summed E-state index contributed by atoms with van der Waals surface area (Å²) in [5.41, 5.74) is 2.16. The van der Waals surface area contributed by atoms with E-state index >= 15 is 0 Å². The molecule has 0 spiro atoms. The Kier molecular flexibility index (Phi) is 9.68. The fourth-order valence-corrected chi connectivity index (χ4v) is 3.08. The first-order chi connectivity index (χ1) is 14.4. The molecular formula is C24H31ClN2O3. The van der Waals surface area contributed by atoms with Crippen LogP contribution < -0.4 is 10.1 Å². The van der Waals surface area contributed by atoms with Crippen LogP contribution in [0.25, 0.3) is 0 Å². The Balaban J connectivity index is 1.96. The first kappa shape index (κ1) is 23.7. The van der Waals surface area contributed by atoms with Crippen molar-refractivity contribution in [3.63, 3.8) is 0 Å². The van der Waals surface area contributed by atoms with Gasteiger partial charge in [-0.2, -0.15) is 0 Å². The molecule has 0 aliphatic carbocycles. The van der Waals surface area contributed by atoms with Gasteiger partial charge < -0.3 is 15.0 Å². The summed E-state index contributed by atoms with van der Waals surface area (Å²) in [5.74, 6) is 0.528. The van der Waals surface area contributed by atoms with Crippen molar-refractivity contribution in [2.45, 2.75) is 52.6 Å². The molecule has 0 aliphatic heterocycles. The topological polar surface area (TPSA) is 58.6 Å². The van der Waals surface area contributed by atoms with Gasteiger partial charge in [0, 0.05) is 24.5 Å². The summed E-state index contributed by atoms with van der Waals surface area (Å²) >= 11 is 5.87. The molecule has 0 saturated heterocycles. The lowest BCUT2D eigenvalue weighted by molar-refractivity contribution is -0.140. The second-order valence-corrected chi connectivity index (χ2v) is 7.82. The molecule has 0 heterocycles. The number of hydrogen-bond acceptors (Lipinski definition) is 3. The Morgan fingerprint density at radius 3 is 2.40 bits per heavy atom. The second kappa shape index (κ2) is 12.2. The van der Waals surface area contributed by atoms with Gasteiger partial charge in [0.25, 0.3) is 0 Å². The van der Waals surface area contributed by atoms with Gasteiger partial charge >= 0.3 is 0 Å². The van der Waals surface area contributed by atoms with Crippen LogP contribution in [0.3, 0.4) is 0 Å². The van der Waals surface area contributed by atoms with Crippen LogP contribution in [-0.4, -0.2) is 35.9 Å². The van der Waals surface area contributed by atoms with Crippen molar-refractivity contribution in [1.82, 2.24) is 10.2 Å². The maximum Gasteiger partial charge on any atom is 0.242 e. The second-order valence-electron chi connectivity index (χ2n) is 7.38. The van der Waals surface area contributed by atoms with Crippen molar-refractivity contribution >= 4 is 23.4 Å². The number of rotatable bonds is 11. The molecule has 2 amide bonds. The van der Waals surface area contributed by atoms with Crippen molar-refractivity contribution in [3.05, 3.63) is 64.7 Å². The highest BCUT2D eigenvalue weighted by Gasteiger charge is 2.25. The molecule has 0 aromatic heterocycles. The largest absolute Gasteiger partial charge is 0.494 e. The standard InChI is InChI=1S/C24H31ClN2O3/c1-4-15-26-24(29)19(3)27(17-20-9-7-18(2)8-10-20)23(28)6-5-16-30-22-13-11-21(25)12-14-22/h7-14,19H,4-6,15-17H2,1-3H3,(H,26,29)/t19-/m1/s1. The molecule has 0 bridgehead atoms. The first-order valence-electron chi connectivity index (χ1n) is 10.4. The lowest BCUT2D eigenvalue weighted by Gasteiger charge is -2.29. The number of nitrogens with zero attached hydrogens (tertiary/aromatic N) is 1. The minimum absolute atomic E-state index is 0.0607. The molecule has 2 aromatic rings. The van der Waals surface area contributed by atoms with E-state index in [1.54, 1.807) is 36.1 Å². The lowest BCUT2D eigenvalue weighted by atomic mass is 10.1. The smallest absolute Gasteiger partial charge is 0.242 e. The molecule has 6 heteroatoms. The van der Waals surface area contributed by atoms with Crippen LogP contribution >= 0.6 is 11.6 Å². The molecule has 30 heavy (non-hydrogen) atoms. The van der Waals surface area contributed by atoms with Gasteiger partial charge in [-0.05, 0) is 56.5 Å². The summed E-state index contributed by atoms with van der Waals surface area (Å²) in [6.07, 6.45) is 1.73. The van der Waals surface area contributed by atoms with Crippen molar-refractivity contribution < 1.29 is 14.3 Å². The molecular weight excluding hydrogens is 400 g/mol. The molecule has 2 aromatic carbocycles. The third-order valence-corrected chi connectivity index (χ3v) is 5.06. The third kappa shape index (κ3) is 7.71. The van der Waals surface area contributed by atoms with Crippen molar-refractivity contribution in [2.24, 2.45) is 0 Å². The average molecular weight is 431 g/mol. The Labute approximate surface area is 184 Å². The summed E-state index contributed by atoms with van der Waals surface area (Å²) in [5, 5.41) is 3.54. The molecule has 0 unspecified atom stereocenters. The van der Waals surface area contributed by atoms with Crippen LogP contribution in [0.5, 0.6) is 5.75 Å². The Bertz CT molecular complexity index is 806. The van der Waals surface area contributed by atoms with E-state index in [9.17, 15) is 9.59 Å². The summed E-state index contributed by atoms with van der Waals surface area (Å²) in [6, 6.07) is 14.6. The van der Waals surface area contributed by atoms with Crippen LogP contribution in [0.4, 0.5) is 0 Å². The van der Waals surface area contributed by atoms with Crippen LogP contribution in [0.2, 0.25) is 5.02 Å². The molecule has 162 valence electrons. The highest BCUT2D eigenvalue weighted by atomic mass is 35.5. The van der Waals surface area contributed by atoms with E-state index in [0.717, 1.165) is 23.3 Å². The number of ether oxygens (including phenoxy) is 1. The normalized spacial score (nSPS) is 11.6. The molecule has 2 rings (SSSR count). The molecule has 0 aliphatic rings. The van der Waals surface area contributed by atoms with E-state index in [2.05, 4.69) is 5.32 Å². The van der Waals surface area contributed by atoms with Gasteiger partial charge in [0.15, 0.2) is 0 Å². The average Bonchev–Trinajstić information content (AvgIpc) is 2.75. The fourth-order valence-electron chi connectivity index (χ4n) is 2.96. The van der Waals surface area contributed by atoms with Crippen molar-refractivity contribution in [3.8, 4) is 5.75 Å². The number of carbonyl (C=O) groups is 2. The predicted molar refractivity (Wildman–Crippen MR) is 121 cm³/mol. The SMILES string of the molecule is CCCNC(=O)[C@@H](C)N(Cc1ccc(C)cc1)C(=O)CCCOc1ccc(Cl)cc1. The van der Waals surface area contributed by atoms with Gasteiger partial charge in [-0.25, -0.2) is 0 Å². The minimum Gasteiger partial charge on any atom is -0.494 e. The van der Waals surface area contributed by atoms with E-state index < -0.39 is 6.04 Å². The monoisotopic (exact) mass is 430 g/mol. The van der Waals surface area contributed by atoms with Crippen LogP contribution in [0.15, 0.2) is 48.5 Å². The zero-order chi connectivity index (χ0) is 21.9. The molecule has 1 N–H and O–H groups in total. The predicted octanol–water partition coefficient (Wildman–Crippen LogP) is 4.75. The summed E-state index contributed by atoms with van der Waals surface area (Å²) in [7, 11) is 0. The van der Waals surface area contributed by atoms with Crippen LogP contribution in [-0.2, 0) is 16.1 Å². The summed E-state index contributed by atoms with van der Waals surface area (Å²) in [6.45, 7) is 7.22. The zero-order valence-electron chi connectivity index (χ0n) is 18.0. The van der Waals surface area contributed by atoms with Gasteiger partial charge in [0.05, 0.1) is 6.61 Å². The van der Waals surface area contributed by atoms with Crippen LogP contribution in [0.1, 0.15) is 44.2 Å². The van der Waals surface area contributed by atoms with E-state index in [0.29, 0.717) is 37.6 Å². The number of carbonyl (C=O) groups excluding carboxylic acids is 2. The van der Waals surface area contributed by atoms with Gasteiger partial charge in [-0.3, -0.25) is 9.59 Å². The molecule has 0 radical (unpaired) electrons. The van der Waals surface area contributed by atoms with E-state index in [4.69, 9.17) is 16.3 Å². The van der Waals surface area contributed by atoms with E-state index in [1.165, 1.54) is 0 Å². The zero-order valence-corrected chi connectivity index (χ0v) is 18.7. The number of benzene rings is 2. The first-order valence-corrected chi connectivity index (χ1v) is 10.8. The highest BCUT2D eigenvalue weighted by molar-refractivity contribution is 6.30. The van der Waals surface area contributed by atoms with Gasteiger partial charge in [-0.15, -0.1) is 0 Å². The Hall–Kier alpha value is -2.53. The Morgan fingerprint density at radius 1 is 1.10 bits per heavy atom. The van der Waals surface area contributed by atoms with Gasteiger partial charge in [-0.1, -0.05) is 48.4 Å². The maximum absolute atomic E-state index is 13.0. The number of hydrogen-bond donors (Lipinski definition) is 1. The number of aryl methyl sites for hydroxylation is 1. The number of amides is 2. The van der Waals surface area contributed by atoms with Crippen molar-refractivity contribution in [1.29, 1.82) is 0 Å². The molecule has 0 saturated carbocycles. The summed E-state index contributed by atoms with van der Waals surface area (Å²) in [4.78, 5) is 27.1. The van der Waals surface area contributed by atoms with E-state index in [-0.39, 0.29) is 11.8 Å². The van der Waals surface area contributed by atoms with Gasteiger partial charge in [0.1, 0.15) is 11.8 Å². The number of nitrogens with one attached hydrogen (secondary N) is 1. The number of halogens is 1. The van der Waals surface area contributed by atoms with Gasteiger partial charge in [0.2, 0.25) is 11.8 Å². The van der Waals surface area contributed by atoms with E-state index in [1.807, 2.05) is 38.1 Å². The summed E-state index contributed by atoms with van der Waals surface area (Å²) < 4.78 is 5.67. The lowest BCUT2D eigenvalue weighted by Crippen LogP contribution is -2.47. The third-order valence-electron chi connectivity index (χ3n) is 4.81. The van der Waals surface area contributed by atoms with Crippen LogP contribution in [0, 0.1) is 6.92 Å². The Morgan fingerprint density at radius 2 is 1.77 bits per heavy atom.